The van der Waals surface area contributed by atoms with Gasteiger partial charge in [0.05, 0.1) is 24.3 Å². The lowest BCUT2D eigenvalue weighted by atomic mass is 10.0. The van der Waals surface area contributed by atoms with Crippen LogP contribution in [0.1, 0.15) is 34.1 Å². The van der Waals surface area contributed by atoms with Gasteiger partial charge in [0.25, 0.3) is 0 Å². The van der Waals surface area contributed by atoms with Crippen LogP contribution in [0.2, 0.25) is 0 Å². The normalized spacial score (nSPS) is 12.6. The molecule has 0 fully saturated rings. The number of rotatable bonds is 6. The quantitative estimate of drug-likeness (QED) is 0.844. The maximum Gasteiger partial charge on any atom is 0.227 e. The minimum Gasteiger partial charge on any atom is -0.489 e. The van der Waals surface area contributed by atoms with E-state index < -0.39 is 11.9 Å². The number of hydrogen-bond acceptors (Lipinski definition) is 3. The molecule has 0 spiro atoms. The molecule has 0 saturated carbocycles. The predicted molar refractivity (Wildman–Crippen MR) is 76.3 cm³/mol. The smallest absolute Gasteiger partial charge is 0.227 e. The van der Waals surface area contributed by atoms with E-state index >= 15 is 0 Å². The summed E-state index contributed by atoms with van der Waals surface area (Å²) in [6, 6.07) is 3.96. The van der Waals surface area contributed by atoms with Gasteiger partial charge in [0.15, 0.2) is 0 Å². The fourth-order valence-electron chi connectivity index (χ4n) is 1.58. The average Bonchev–Trinajstić information content (AvgIpc) is 2.31. The van der Waals surface area contributed by atoms with E-state index in [9.17, 15) is 14.3 Å². The minimum absolute atomic E-state index is 0.0142. The van der Waals surface area contributed by atoms with Gasteiger partial charge in [-0.2, -0.15) is 0 Å². The summed E-state index contributed by atoms with van der Waals surface area (Å²) in [4.78, 5) is 11.8. The van der Waals surface area contributed by atoms with Crippen LogP contribution in [0.4, 0.5) is 10.1 Å². The molecule has 1 atom stereocenters. The third-order valence-electron chi connectivity index (χ3n) is 2.74. The molecule has 112 valence electrons. The van der Waals surface area contributed by atoms with Crippen LogP contribution < -0.4 is 10.1 Å². The van der Waals surface area contributed by atoms with Crippen LogP contribution in [-0.2, 0) is 4.79 Å². The molecular weight excluding hydrogens is 261 g/mol. The highest BCUT2D eigenvalue weighted by Gasteiger charge is 2.16. The summed E-state index contributed by atoms with van der Waals surface area (Å²) in [6.45, 7) is 7.34. The molecule has 0 bridgehead atoms. The van der Waals surface area contributed by atoms with Crippen molar-refractivity contribution in [2.24, 2.45) is 5.92 Å². The number of anilines is 1. The molecule has 0 heterocycles. The minimum atomic E-state index is -0.724. The van der Waals surface area contributed by atoms with E-state index in [-0.39, 0.29) is 30.0 Å². The Bertz CT molecular complexity index is 460. The van der Waals surface area contributed by atoms with Gasteiger partial charge < -0.3 is 15.2 Å². The van der Waals surface area contributed by atoms with E-state index in [2.05, 4.69) is 5.32 Å². The van der Waals surface area contributed by atoms with Gasteiger partial charge in [-0.1, -0.05) is 13.8 Å². The Hall–Kier alpha value is -1.62. The van der Waals surface area contributed by atoms with Crippen molar-refractivity contribution in [3.63, 3.8) is 0 Å². The molecule has 1 aromatic rings. The van der Waals surface area contributed by atoms with Crippen LogP contribution in [0, 0.1) is 11.7 Å². The van der Waals surface area contributed by atoms with E-state index in [0.717, 1.165) is 0 Å². The first-order valence-corrected chi connectivity index (χ1v) is 6.73. The van der Waals surface area contributed by atoms with E-state index in [0.29, 0.717) is 5.75 Å². The van der Waals surface area contributed by atoms with Crippen LogP contribution in [0.3, 0.4) is 0 Å². The highest BCUT2D eigenvalue weighted by Crippen LogP contribution is 2.26. The number of aliphatic hydroxyl groups excluding tert-OH is 1. The molecule has 0 aromatic heterocycles. The molecule has 1 aromatic carbocycles. The number of aliphatic hydroxyl groups is 1. The Kier molecular flexibility index (Phi) is 5.95. The molecule has 20 heavy (non-hydrogen) atoms. The summed E-state index contributed by atoms with van der Waals surface area (Å²) in [7, 11) is 0. The molecule has 1 unspecified atom stereocenters. The van der Waals surface area contributed by atoms with E-state index in [4.69, 9.17) is 4.74 Å². The van der Waals surface area contributed by atoms with Crippen molar-refractivity contribution in [2.45, 2.75) is 46.3 Å². The van der Waals surface area contributed by atoms with E-state index in [1.165, 1.54) is 18.2 Å². The van der Waals surface area contributed by atoms with Crippen LogP contribution in [0.15, 0.2) is 18.2 Å². The van der Waals surface area contributed by atoms with Gasteiger partial charge in [-0.05, 0) is 31.9 Å². The highest BCUT2D eigenvalue weighted by molar-refractivity contribution is 5.92. The van der Waals surface area contributed by atoms with Crippen molar-refractivity contribution < 1.29 is 19.0 Å². The zero-order chi connectivity index (χ0) is 15.3. The first-order chi connectivity index (χ1) is 9.29. The van der Waals surface area contributed by atoms with Crippen molar-refractivity contribution in [3.8, 4) is 5.75 Å². The molecule has 2 N–H and O–H groups in total. The van der Waals surface area contributed by atoms with Crippen molar-refractivity contribution in [1.29, 1.82) is 0 Å². The zero-order valence-electron chi connectivity index (χ0n) is 12.3. The highest BCUT2D eigenvalue weighted by atomic mass is 19.1. The van der Waals surface area contributed by atoms with Crippen molar-refractivity contribution >= 4 is 11.6 Å². The first-order valence-electron chi connectivity index (χ1n) is 6.73. The number of carbonyl (C=O) groups excluding carboxylic acids is 1. The molecule has 5 heteroatoms. The van der Waals surface area contributed by atoms with Crippen LogP contribution >= 0.6 is 0 Å². The SMILES string of the molecule is CC(C)Oc1ccc(F)cc1NC(=O)CC(O)C(C)C. The molecule has 0 aliphatic rings. The van der Waals surface area contributed by atoms with Gasteiger partial charge in [-0.15, -0.1) is 0 Å². The lowest BCUT2D eigenvalue weighted by Crippen LogP contribution is -2.24. The number of benzene rings is 1. The van der Waals surface area contributed by atoms with Gasteiger partial charge in [0.2, 0.25) is 5.91 Å². The van der Waals surface area contributed by atoms with Gasteiger partial charge in [0, 0.05) is 6.07 Å². The fourth-order valence-corrected chi connectivity index (χ4v) is 1.58. The average molecular weight is 283 g/mol. The number of ether oxygens (including phenoxy) is 1. The molecule has 1 amide bonds. The summed E-state index contributed by atoms with van der Waals surface area (Å²) < 4.78 is 18.8. The van der Waals surface area contributed by atoms with E-state index in [1.54, 1.807) is 0 Å². The molecule has 0 radical (unpaired) electrons. The lowest BCUT2D eigenvalue weighted by molar-refractivity contribution is -0.118. The second-order valence-corrected chi connectivity index (χ2v) is 5.37. The second kappa shape index (κ2) is 7.24. The van der Waals surface area contributed by atoms with E-state index in [1.807, 2.05) is 27.7 Å². The summed E-state index contributed by atoms with van der Waals surface area (Å²) in [5.74, 6) is -0.431. The molecule has 0 saturated heterocycles. The molecule has 0 aliphatic heterocycles. The van der Waals surface area contributed by atoms with Crippen molar-refractivity contribution in [1.82, 2.24) is 0 Å². The number of halogens is 1. The summed E-state index contributed by atoms with van der Waals surface area (Å²) in [6.07, 6.45) is -0.842. The van der Waals surface area contributed by atoms with Crippen LogP contribution in [0.25, 0.3) is 0 Å². The maximum atomic E-state index is 13.3. The second-order valence-electron chi connectivity index (χ2n) is 5.37. The first kappa shape index (κ1) is 16.4. The zero-order valence-corrected chi connectivity index (χ0v) is 12.3. The summed E-state index contributed by atoms with van der Waals surface area (Å²) in [5.41, 5.74) is 0.277. The summed E-state index contributed by atoms with van der Waals surface area (Å²) >= 11 is 0. The fraction of sp³-hybridized carbons (Fsp3) is 0.533. The number of carbonyl (C=O) groups is 1. The Balaban J connectivity index is 2.79. The van der Waals surface area contributed by atoms with Crippen molar-refractivity contribution in [3.05, 3.63) is 24.0 Å². The lowest BCUT2D eigenvalue weighted by Gasteiger charge is -2.17. The van der Waals surface area contributed by atoms with Gasteiger partial charge in [-0.3, -0.25) is 4.79 Å². The standard InChI is InChI=1S/C15H22FNO3/c1-9(2)13(18)8-15(19)17-12-7-11(16)5-6-14(12)20-10(3)4/h5-7,9-10,13,18H,8H2,1-4H3,(H,17,19). The largest absolute Gasteiger partial charge is 0.489 e. The summed E-state index contributed by atoms with van der Waals surface area (Å²) in [5, 5.41) is 12.3. The topological polar surface area (TPSA) is 58.6 Å². The van der Waals surface area contributed by atoms with Crippen LogP contribution in [0.5, 0.6) is 5.75 Å². The maximum absolute atomic E-state index is 13.3. The Morgan fingerprint density at radius 2 is 2.00 bits per heavy atom. The van der Waals surface area contributed by atoms with Gasteiger partial charge in [0.1, 0.15) is 11.6 Å². The van der Waals surface area contributed by atoms with Gasteiger partial charge >= 0.3 is 0 Å². The van der Waals surface area contributed by atoms with Crippen molar-refractivity contribution in [2.75, 3.05) is 5.32 Å². The Morgan fingerprint density at radius 3 is 2.55 bits per heavy atom. The molecule has 4 nitrogen and oxygen atoms in total. The Labute approximate surface area is 119 Å². The third-order valence-corrected chi connectivity index (χ3v) is 2.74. The Morgan fingerprint density at radius 1 is 1.35 bits per heavy atom. The monoisotopic (exact) mass is 283 g/mol. The molecular formula is C15H22FNO3. The molecule has 0 aliphatic carbocycles. The predicted octanol–water partition coefficient (Wildman–Crippen LogP) is 2.96. The number of amides is 1. The number of nitrogens with one attached hydrogen (secondary N) is 1. The third kappa shape index (κ3) is 5.17. The van der Waals surface area contributed by atoms with Gasteiger partial charge in [-0.25, -0.2) is 4.39 Å². The number of hydrogen-bond donors (Lipinski definition) is 2. The molecule has 1 rings (SSSR count). The van der Waals surface area contributed by atoms with Crippen LogP contribution in [-0.4, -0.2) is 23.2 Å².